The quantitative estimate of drug-likeness (QED) is 0.619. The van der Waals surface area contributed by atoms with Gasteiger partial charge >= 0.3 is 6.03 Å². The van der Waals surface area contributed by atoms with Crippen LogP contribution in [0.25, 0.3) is 0 Å². The molecule has 90 valence electrons. The first-order chi connectivity index (χ1) is 7.26. The molecule has 0 aromatic rings. The molecule has 1 N–H and O–H groups in total. The summed E-state index contributed by atoms with van der Waals surface area (Å²) in [5.74, 6) is 0. The minimum Gasteiger partial charge on any atom is -0.338 e. The molecule has 0 saturated carbocycles. The Balaban J connectivity index is 3.38. The maximum atomic E-state index is 11.5. The van der Waals surface area contributed by atoms with E-state index < -0.39 is 0 Å². The van der Waals surface area contributed by atoms with E-state index >= 15 is 0 Å². The Kier molecular flexibility index (Phi) is 9.33. The average Bonchev–Trinajstić information content (AvgIpc) is 2.25. The molecule has 0 radical (unpaired) electrons. The molecule has 0 bridgehead atoms. The molecule has 2 amide bonds. The standard InChI is InChI=1S/C12H26N2O/c1-4-7-8-9-10-11-13-12(15)14(5-2)6-3/h4-11H2,1-3H3,(H,13,15). The van der Waals surface area contributed by atoms with Crippen LogP contribution in [0.3, 0.4) is 0 Å². The predicted molar refractivity (Wildman–Crippen MR) is 65.1 cm³/mol. The van der Waals surface area contributed by atoms with Gasteiger partial charge in [-0.1, -0.05) is 32.6 Å². The first-order valence-corrected chi connectivity index (χ1v) is 6.29. The molecule has 15 heavy (non-hydrogen) atoms. The van der Waals surface area contributed by atoms with Crippen LogP contribution in [0.1, 0.15) is 52.9 Å². The van der Waals surface area contributed by atoms with Crippen molar-refractivity contribution in [3.63, 3.8) is 0 Å². The van der Waals surface area contributed by atoms with Crippen molar-refractivity contribution in [1.82, 2.24) is 10.2 Å². The highest BCUT2D eigenvalue weighted by Crippen LogP contribution is 2.01. The summed E-state index contributed by atoms with van der Waals surface area (Å²) in [7, 11) is 0. The van der Waals surface area contributed by atoms with E-state index in [0.29, 0.717) is 0 Å². The van der Waals surface area contributed by atoms with Crippen LogP contribution < -0.4 is 5.32 Å². The fourth-order valence-electron chi connectivity index (χ4n) is 1.55. The predicted octanol–water partition coefficient (Wildman–Crippen LogP) is 3.01. The van der Waals surface area contributed by atoms with Crippen molar-refractivity contribution in [1.29, 1.82) is 0 Å². The van der Waals surface area contributed by atoms with Crippen LogP contribution in [0.4, 0.5) is 4.79 Å². The summed E-state index contributed by atoms with van der Waals surface area (Å²) in [6.45, 7) is 8.62. The summed E-state index contributed by atoms with van der Waals surface area (Å²) >= 11 is 0. The second kappa shape index (κ2) is 9.81. The lowest BCUT2D eigenvalue weighted by Gasteiger charge is -2.19. The number of hydrogen-bond donors (Lipinski definition) is 1. The molecule has 0 fully saturated rings. The van der Waals surface area contributed by atoms with Crippen LogP contribution in [-0.4, -0.2) is 30.6 Å². The topological polar surface area (TPSA) is 32.3 Å². The summed E-state index contributed by atoms with van der Waals surface area (Å²) in [6.07, 6.45) is 6.20. The van der Waals surface area contributed by atoms with Crippen molar-refractivity contribution in [3.8, 4) is 0 Å². The minimum absolute atomic E-state index is 0.0792. The van der Waals surface area contributed by atoms with Gasteiger partial charge in [0, 0.05) is 19.6 Å². The van der Waals surface area contributed by atoms with Crippen LogP contribution in [0.5, 0.6) is 0 Å². The van der Waals surface area contributed by atoms with Crippen LogP contribution in [0.2, 0.25) is 0 Å². The van der Waals surface area contributed by atoms with E-state index in [9.17, 15) is 4.79 Å². The van der Waals surface area contributed by atoms with Gasteiger partial charge in [0.2, 0.25) is 0 Å². The Hall–Kier alpha value is -0.730. The van der Waals surface area contributed by atoms with Gasteiger partial charge in [-0.25, -0.2) is 4.79 Å². The third-order valence-corrected chi connectivity index (χ3v) is 2.61. The highest BCUT2D eigenvalue weighted by Gasteiger charge is 2.06. The summed E-state index contributed by atoms with van der Waals surface area (Å²) in [4.78, 5) is 13.3. The minimum atomic E-state index is 0.0792. The molecule has 0 aliphatic heterocycles. The zero-order valence-corrected chi connectivity index (χ0v) is 10.5. The van der Waals surface area contributed by atoms with Crippen LogP contribution >= 0.6 is 0 Å². The number of carbonyl (C=O) groups is 1. The largest absolute Gasteiger partial charge is 0.338 e. The van der Waals surface area contributed by atoms with Crippen molar-refractivity contribution in [2.75, 3.05) is 19.6 Å². The van der Waals surface area contributed by atoms with Gasteiger partial charge in [0.05, 0.1) is 0 Å². The molecule has 0 unspecified atom stereocenters. The fourth-order valence-corrected chi connectivity index (χ4v) is 1.55. The summed E-state index contributed by atoms with van der Waals surface area (Å²) in [5, 5.41) is 2.95. The maximum Gasteiger partial charge on any atom is 0.317 e. The van der Waals surface area contributed by atoms with Crippen molar-refractivity contribution in [2.45, 2.75) is 52.9 Å². The van der Waals surface area contributed by atoms with Gasteiger partial charge in [0.15, 0.2) is 0 Å². The van der Waals surface area contributed by atoms with Gasteiger partial charge in [-0.05, 0) is 20.3 Å². The van der Waals surface area contributed by atoms with Crippen molar-refractivity contribution >= 4 is 6.03 Å². The molecule has 0 aromatic heterocycles. The zero-order chi connectivity index (χ0) is 11.5. The Morgan fingerprint density at radius 1 is 1.00 bits per heavy atom. The Morgan fingerprint density at radius 2 is 1.60 bits per heavy atom. The van der Waals surface area contributed by atoms with Crippen molar-refractivity contribution in [2.24, 2.45) is 0 Å². The van der Waals surface area contributed by atoms with Crippen LogP contribution in [0, 0.1) is 0 Å². The lowest BCUT2D eigenvalue weighted by molar-refractivity contribution is 0.203. The number of amides is 2. The van der Waals surface area contributed by atoms with E-state index in [1.54, 1.807) is 0 Å². The number of nitrogens with one attached hydrogen (secondary N) is 1. The number of nitrogens with zero attached hydrogens (tertiary/aromatic N) is 1. The molecular weight excluding hydrogens is 188 g/mol. The third-order valence-electron chi connectivity index (χ3n) is 2.61. The first-order valence-electron chi connectivity index (χ1n) is 6.29. The van der Waals surface area contributed by atoms with Gasteiger partial charge in [0.25, 0.3) is 0 Å². The summed E-state index contributed by atoms with van der Waals surface area (Å²) in [6, 6.07) is 0.0792. The van der Waals surface area contributed by atoms with Gasteiger partial charge in [0.1, 0.15) is 0 Å². The summed E-state index contributed by atoms with van der Waals surface area (Å²) in [5.41, 5.74) is 0. The monoisotopic (exact) mass is 214 g/mol. The molecule has 0 heterocycles. The zero-order valence-electron chi connectivity index (χ0n) is 10.5. The highest BCUT2D eigenvalue weighted by atomic mass is 16.2. The van der Waals surface area contributed by atoms with E-state index in [-0.39, 0.29) is 6.03 Å². The second-order valence-corrected chi connectivity index (χ2v) is 3.82. The lowest BCUT2D eigenvalue weighted by Crippen LogP contribution is -2.40. The number of urea groups is 1. The maximum absolute atomic E-state index is 11.5. The normalized spacial score (nSPS) is 10.1. The highest BCUT2D eigenvalue weighted by molar-refractivity contribution is 5.73. The van der Waals surface area contributed by atoms with Gasteiger partial charge in [-0.2, -0.15) is 0 Å². The SMILES string of the molecule is CCCCCCCNC(=O)N(CC)CC. The Bertz CT molecular complexity index is 156. The number of carbonyl (C=O) groups excluding carboxylic acids is 1. The van der Waals surface area contributed by atoms with Gasteiger partial charge in [-0.15, -0.1) is 0 Å². The third kappa shape index (κ3) is 7.23. The van der Waals surface area contributed by atoms with Crippen molar-refractivity contribution in [3.05, 3.63) is 0 Å². The smallest absolute Gasteiger partial charge is 0.317 e. The van der Waals surface area contributed by atoms with E-state index in [1.165, 1.54) is 25.7 Å². The lowest BCUT2D eigenvalue weighted by atomic mass is 10.1. The molecule has 0 atom stereocenters. The molecule has 3 heteroatoms. The second-order valence-electron chi connectivity index (χ2n) is 3.82. The van der Waals surface area contributed by atoms with Crippen molar-refractivity contribution < 1.29 is 4.79 Å². The molecule has 3 nitrogen and oxygen atoms in total. The molecule has 0 saturated heterocycles. The van der Waals surface area contributed by atoms with E-state index in [4.69, 9.17) is 0 Å². The fraction of sp³-hybridized carbons (Fsp3) is 0.917. The van der Waals surface area contributed by atoms with Gasteiger partial charge in [-0.3, -0.25) is 0 Å². The Labute approximate surface area is 94.2 Å². The number of unbranched alkanes of at least 4 members (excludes halogenated alkanes) is 4. The van der Waals surface area contributed by atoms with E-state index in [0.717, 1.165) is 26.1 Å². The molecule has 0 spiro atoms. The number of hydrogen-bond acceptors (Lipinski definition) is 1. The molecule has 0 aliphatic rings. The average molecular weight is 214 g/mol. The van der Waals surface area contributed by atoms with Crippen LogP contribution in [0.15, 0.2) is 0 Å². The van der Waals surface area contributed by atoms with Crippen LogP contribution in [-0.2, 0) is 0 Å². The molecular formula is C12H26N2O. The first kappa shape index (κ1) is 14.3. The molecule has 0 rings (SSSR count). The molecule has 0 aromatic carbocycles. The molecule has 0 aliphatic carbocycles. The Morgan fingerprint density at radius 3 is 2.13 bits per heavy atom. The number of rotatable bonds is 8. The van der Waals surface area contributed by atoms with E-state index in [1.807, 2.05) is 18.7 Å². The summed E-state index contributed by atoms with van der Waals surface area (Å²) < 4.78 is 0. The van der Waals surface area contributed by atoms with Gasteiger partial charge < -0.3 is 10.2 Å². The van der Waals surface area contributed by atoms with E-state index in [2.05, 4.69) is 12.2 Å².